The molecule has 0 aliphatic heterocycles. The number of hydrogen-bond acceptors (Lipinski definition) is 5. The fourth-order valence-electron chi connectivity index (χ4n) is 3.73. The number of rotatable bonds is 7. The van der Waals surface area contributed by atoms with Crippen LogP contribution in [0.2, 0.25) is 0 Å². The van der Waals surface area contributed by atoms with Gasteiger partial charge in [-0.2, -0.15) is 0 Å². The molecule has 5 nitrogen and oxygen atoms in total. The Morgan fingerprint density at radius 3 is 2.44 bits per heavy atom. The van der Waals surface area contributed by atoms with E-state index in [4.69, 9.17) is 9.72 Å². The van der Waals surface area contributed by atoms with Crippen molar-refractivity contribution in [2.45, 2.75) is 0 Å². The number of methoxy groups -OCH3 is 1. The summed E-state index contributed by atoms with van der Waals surface area (Å²) in [5.74, 6) is 0.574. The smallest absolute Gasteiger partial charge is 0.256 e. The summed E-state index contributed by atoms with van der Waals surface area (Å²) >= 11 is 1.54. The molecule has 0 unspecified atom stereocenters. The third kappa shape index (κ3) is 5.40. The summed E-state index contributed by atoms with van der Waals surface area (Å²) in [6.45, 7) is 0. The molecule has 0 atom stereocenters. The van der Waals surface area contributed by atoms with E-state index in [0.29, 0.717) is 11.3 Å². The molecular formula is C30H23N3O2S. The lowest BCUT2D eigenvalue weighted by Crippen LogP contribution is -2.13. The Morgan fingerprint density at radius 2 is 1.69 bits per heavy atom. The molecule has 0 saturated carbocycles. The van der Waals surface area contributed by atoms with Crippen molar-refractivity contribution >= 4 is 34.6 Å². The molecule has 176 valence electrons. The molecule has 0 saturated heterocycles. The first kappa shape index (κ1) is 23.2. The standard InChI is InChI=1S/C30H23N3O2S/c1-35-25-15-13-21(14-16-25)18-26(22-8-3-2-4-9-22)29(34)32-24-11-7-10-23(19-24)28-20-36-30(33-28)27-12-5-6-17-31-27/h2-20H,1H3,(H,32,34)/b26-18+. The van der Waals surface area contributed by atoms with Crippen molar-refractivity contribution in [1.82, 2.24) is 9.97 Å². The second-order valence-corrected chi connectivity index (χ2v) is 8.84. The minimum atomic E-state index is -0.193. The second-order valence-electron chi connectivity index (χ2n) is 7.99. The summed E-state index contributed by atoms with van der Waals surface area (Å²) in [7, 11) is 1.63. The molecular weight excluding hydrogens is 466 g/mol. The molecule has 3 aromatic carbocycles. The van der Waals surface area contributed by atoms with Gasteiger partial charge in [0, 0.05) is 28.4 Å². The quantitative estimate of drug-likeness (QED) is 0.196. The first-order valence-corrected chi connectivity index (χ1v) is 12.3. The SMILES string of the molecule is COc1ccc(/C=C(/C(=O)Nc2cccc(-c3csc(-c4ccccn4)n3)c2)c2ccccc2)cc1. The molecule has 36 heavy (non-hydrogen) atoms. The predicted molar refractivity (Wildman–Crippen MR) is 147 cm³/mol. The Bertz CT molecular complexity index is 1490. The van der Waals surface area contributed by atoms with E-state index in [-0.39, 0.29) is 5.91 Å². The highest BCUT2D eigenvalue weighted by molar-refractivity contribution is 7.13. The van der Waals surface area contributed by atoms with E-state index in [1.165, 1.54) is 0 Å². The molecule has 0 spiro atoms. The maximum atomic E-state index is 13.5. The lowest BCUT2D eigenvalue weighted by atomic mass is 10.0. The number of benzene rings is 3. The third-order valence-electron chi connectivity index (χ3n) is 5.56. The number of nitrogens with one attached hydrogen (secondary N) is 1. The van der Waals surface area contributed by atoms with Crippen molar-refractivity contribution in [2.75, 3.05) is 12.4 Å². The van der Waals surface area contributed by atoms with Crippen LogP contribution in [-0.2, 0) is 4.79 Å². The zero-order valence-electron chi connectivity index (χ0n) is 19.6. The van der Waals surface area contributed by atoms with E-state index in [1.54, 1.807) is 24.6 Å². The lowest BCUT2D eigenvalue weighted by Gasteiger charge is -2.11. The number of carbonyl (C=O) groups is 1. The van der Waals surface area contributed by atoms with Crippen LogP contribution in [0.5, 0.6) is 5.75 Å². The molecule has 2 heterocycles. The number of anilines is 1. The van der Waals surface area contributed by atoms with Crippen LogP contribution in [0.25, 0.3) is 33.6 Å². The van der Waals surface area contributed by atoms with Crippen LogP contribution in [0.1, 0.15) is 11.1 Å². The summed E-state index contributed by atoms with van der Waals surface area (Å²) in [5, 5.41) is 5.92. The van der Waals surface area contributed by atoms with Crippen LogP contribution in [0.4, 0.5) is 5.69 Å². The highest BCUT2D eigenvalue weighted by Gasteiger charge is 2.14. The van der Waals surface area contributed by atoms with Gasteiger partial charge in [-0.1, -0.05) is 60.7 Å². The molecule has 6 heteroatoms. The largest absolute Gasteiger partial charge is 0.497 e. The maximum Gasteiger partial charge on any atom is 0.256 e. The summed E-state index contributed by atoms with van der Waals surface area (Å²) in [6, 6.07) is 30.7. The van der Waals surface area contributed by atoms with Gasteiger partial charge in [0.1, 0.15) is 10.8 Å². The van der Waals surface area contributed by atoms with Gasteiger partial charge in [-0.25, -0.2) is 4.98 Å². The number of carbonyl (C=O) groups excluding carboxylic acids is 1. The number of pyridine rings is 1. The fraction of sp³-hybridized carbons (Fsp3) is 0.0333. The highest BCUT2D eigenvalue weighted by Crippen LogP contribution is 2.29. The van der Waals surface area contributed by atoms with Crippen molar-refractivity contribution in [3.05, 3.63) is 120 Å². The third-order valence-corrected chi connectivity index (χ3v) is 6.43. The van der Waals surface area contributed by atoms with E-state index < -0.39 is 0 Å². The summed E-state index contributed by atoms with van der Waals surface area (Å²) in [4.78, 5) is 22.6. The van der Waals surface area contributed by atoms with Crippen LogP contribution < -0.4 is 10.1 Å². The average Bonchev–Trinajstić information content (AvgIpc) is 3.44. The molecule has 0 aliphatic rings. The zero-order chi connectivity index (χ0) is 24.7. The Hall–Kier alpha value is -4.55. The van der Waals surface area contributed by atoms with Crippen LogP contribution in [0.15, 0.2) is 109 Å². The zero-order valence-corrected chi connectivity index (χ0v) is 20.4. The van der Waals surface area contributed by atoms with Crippen LogP contribution in [0, 0.1) is 0 Å². The lowest BCUT2D eigenvalue weighted by molar-refractivity contribution is -0.111. The Kier molecular flexibility index (Phi) is 6.96. The van der Waals surface area contributed by atoms with Gasteiger partial charge >= 0.3 is 0 Å². The number of hydrogen-bond donors (Lipinski definition) is 1. The minimum absolute atomic E-state index is 0.193. The molecule has 1 N–H and O–H groups in total. The van der Waals surface area contributed by atoms with E-state index in [1.807, 2.05) is 109 Å². The first-order valence-electron chi connectivity index (χ1n) is 11.4. The number of amides is 1. The summed E-state index contributed by atoms with van der Waals surface area (Å²) in [5.41, 5.74) is 5.61. The molecule has 0 radical (unpaired) electrons. The Labute approximate surface area is 213 Å². The molecule has 0 fully saturated rings. The molecule has 5 rings (SSSR count). The number of ether oxygens (including phenoxy) is 1. The van der Waals surface area contributed by atoms with Gasteiger partial charge in [0.2, 0.25) is 0 Å². The maximum absolute atomic E-state index is 13.5. The van der Waals surface area contributed by atoms with Gasteiger partial charge < -0.3 is 10.1 Å². The van der Waals surface area contributed by atoms with E-state index in [2.05, 4.69) is 10.3 Å². The molecule has 0 bridgehead atoms. The molecule has 5 aromatic rings. The van der Waals surface area contributed by atoms with Gasteiger partial charge in [0.25, 0.3) is 5.91 Å². The Balaban J connectivity index is 1.41. The van der Waals surface area contributed by atoms with Crippen molar-refractivity contribution in [2.24, 2.45) is 0 Å². The molecule has 1 amide bonds. The number of thiazole rings is 1. The Morgan fingerprint density at radius 1 is 0.889 bits per heavy atom. The number of aromatic nitrogens is 2. The monoisotopic (exact) mass is 489 g/mol. The van der Waals surface area contributed by atoms with Gasteiger partial charge in [-0.15, -0.1) is 11.3 Å². The van der Waals surface area contributed by atoms with E-state index >= 15 is 0 Å². The number of nitrogens with zero attached hydrogens (tertiary/aromatic N) is 2. The predicted octanol–water partition coefficient (Wildman–Crippen LogP) is 7.06. The van der Waals surface area contributed by atoms with E-state index in [9.17, 15) is 4.79 Å². The fourth-order valence-corrected chi connectivity index (χ4v) is 4.54. The molecule has 0 aliphatic carbocycles. The van der Waals surface area contributed by atoms with Crippen molar-refractivity contribution in [3.8, 4) is 27.7 Å². The minimum Gasteiger partial charge on any atom is -0.497 e. The van der Waals surface area contributed by atoms with Crippen molar-refractivity contribution < 1.29 is 9.53 Å². The van der Waals surface area contributed by atoms with Gasteiger partial charge in [0.15, 0.2) is 0 Å². The van der Waals surface area contributed by atoms with Crippen LogP contribution >= 0.6 is 11.3 Å². The van der Waals surface area contributed by atoms with Crippen LogP contribution in [-0.4, -0.2) is 23.0 Å². The van der Waals surface area contributed by atoms with Crippen LogP contribution in [0.3, 0.4) is 0 Å². The normalized spacial score (nSPS) is 11.2. The van der Waals surface area contributed by atoms with E-state index in [0.717, 1.165) is 38.8 Å². The summed E-state index contributed by atoms with van der Waals surface area (Å²) in [6.07, 6.45) is 3.64. The van der Waals surface area contributed by atoms with Gasteiger partial charge in [-0.3, -0.25) is 9.78 Å². The average molecular weight is 490 g/mol. The van der Waals surface area contributed by atoms with Crippen molar-refractivity contribution in [3.63, 3.8) is 0 Å². The first-order chi connectivity index (χ1) is 17.7. The topological polar surface area (TPSA) is 64.1 Å². The second kappa shape index (κ2) is 10.8. The van der Waals surface area contributed by atoms with Crippen molar-refractivity contribution in [1.29, 1.82) is 0 Å². The van der Waals surface area contributed by atoms with Gasteiger partial charge in [-0.05, 0) is 53.6 Å². The highest BCUT2D eigenvalue weighted by atomic mass is 32.1. The molecule has 2 aromatic heterocycles. The summed E-state index contributed by atoms with van der Waals surface area (Å²) < 4.78 is 5.25. The van der Waals surface area contributed by atoms with Gasteiger partial charge in [0.05, 0.1) is 18.5 Å².